The van der Waals surface area contributed by atoms with Gasteiger partial charge in [-0.2, -0.15) is 4.89 Å². The summed E-state index contributed by atoms with van der Waals surface area (Å²) in [6.45, 7) is 0. The molecule has 2 nitrogen and oxygen atoms in total. The minimum absolute atomic E-state index is 0.429. The van der Waals surface area contributed by atoms with Gasteiger partial charge in [-0.3, -0.25) is 0 Å². The van der Waals surface area contributed by atoms with Crippen LogP contribution in [0.25, 0.3) is 0 Å². The molecule has 0 N–H and O–H groups in total. The first-order valence-corrected chi connectivity index (χ1v) is 3.67. The van der Waals surface area contributed by atoms with Crippen LogP contribution in [0.2, 0.25) is 0 Å². The van der Waals surface area contributed by atoms with Crippen LogP contribution in [0.1, 0.15) is 5.56 Å². The first-order chi connectivity index (χ1) is 5.17. The third-order valence-electron chi connectivity index (χ3n) is 1.21. The van der Waals surface area contributed by atoms with Gasteiger partial charge in [0, 0.05) is 5.56 Å². The molecule has 0 atom stereocenters. The maximum Gasteiger partial charge on any atom is 0.279 e. The highest BCUT2D eigenvalue weighted by atomic mass is 35.5. The molecule has 0 saturated carbocycles. The predicted molar refractivity (Wildman–Crippen MR) is 41.6 cm³/mol. The van der Waals surface area contributed by atoms with E-state index in [9.17, 15) is 5.26 Å². The molecule has 59 valence electrons. The lowest BCUT2D eigenvalue weighted by molar-refractivity contribution is -0.332. The summed E-state index contributed by atoms with van der Waals surface area (Å²) >= 11 is 11.0. The Kier molecular flexibility index (Phi) is 2.73. The van der Waals surface area contributed by atoms with Gasteiger partial charge in [0.05, 0.1) is 0 Å². The maximum absolute atomic E-state index is 9.99. The Morgan fingerprint density at radius 1 is 1.18 bits per heavy atom. The molecule has 0 bridgehead atoms. The van der Waals surface area contributed by atoms with E-state index in [1.165, 1.54) is 0 Å². The Bertz CT molecular complexity index is 223. The van der Waals surface area contributed by atoms with E-state index in [4.69, 9.17) is 23.2 Å². The van der Waals surface area contributed by atoms with Gasteiger partial charge in [-0.1, -0.05) is 53.5 Å². The van der Waals surface area contributed by atoms with Crippen LogP contribution in [0, 0.1) is 0 Å². The zero-order valence-corrected chi connectivity index (χ0v) is 6.97. The molecule has 0 unspecified atom stereocenters. The van der Waals surface area contributed by atoms with E-state index in [0.717, 1.165) is 0 Å². The van der Waals surface area contributed by atoms with Crippen LogP contribution >= 0.6 is 23.2 Å². The molecule has 1 radical (unpaired) electrons. The molecule has 1 rings (SSSR count). The van der Waals surface area contributed by atoms with E-state index in [2.05, 4.69) is 4.89 Å². The molecule has 0 aromatic heterocycles. The van der Waals surface area contributed by atoms with Crippen molar-refractivity contribution in [3.05, 3.63) is 35.9 Å². The Morgan fingerprint density at radius 2 is 1.73 bits per heavy atom. The van der Waals surface area contributed by atoms with Crippen molar-refractivity contribution in [1.82, 2.24) is 0 Å². The van der Waals surface area contributed by atoms with Crippen LogP contribution in [0.3, 0.4) is 0 Å². The summed E-state index contributed by atoms with van der Waals surface area (Å²) in [5.74, 6) is 0. The van der Waals surface area contributed by atoms with Gasteiger partial charge in [-0.15, -0.1) is 0 Å². The summed E-state index contributed by atoms with van der Waals surface area (Å²) in [5.41, 5.74) is 0.429. The van der Waals surface area contributed by atoms with Crippen molar-refractivity contribution in [3.63, 3.8) is 0 Å². The fourth-order valence-electron chi connectivity index (χ4n) is 0.680. The Labute approximate surface area is 74.2 Å². The number of hydrogen-bond acceptors (Lipinski definition) is 1. The summed E-state index contributed by atoms with van der Waals surface area (Å²) in [7, 11) is 0. The molecule has 0 fully saturated rings. The van der Waals surface area contributed by atoms with Gasteiger partial charge in [0.2, 0.25) is 0 Å². The van der Waals surface area contributed by atoms with Crippen molar-refractivity contribution in [1.29, 1.82) is 0 Å². The van der Waals surface area contributed by atoms with Gasteiger partial charge in [-0.25, -0.2) is 0 Å². The molecule has 4 heteroatoms. The van der Waals surface area contributed by atoms with E-state index in [0.29, 0.717) is 5.56 Å². The Morgan fingerprint density at radius 3 is 2.18 bits per heavy atom. The molecule has 0 aliphatic rings. The fourth-order valence-corrected chi connectivity index (χ4v) is 0.932. The third kappa shape index (κ3) is 2.07. The van der Waals surface area contributed by atoms with Crippen LogP contribution in [0.4, 0.5) is 0 Å². The van der Waals surface area contributed by atoms with E-state index < -0.39 is 4.52 Å². The highest BCUT2D eigenvalue weighted by Gasteiger charge is 2.28. The van der Waals surface area contributed by atoms with Gasteiger partial charge in [0.15, 0.2) is 0 Å². The van der Waals surface area contributed by atoms with Gasteiger partial charge in [0.1, 0.15) is 0 Å². The lowest BCUT2D eigenvalue weighted by Crippen LogP contribution is -2.11. The quantitative estimate of drug-likeness (QED) is 0.402. The van der Waals surface area contributed by atoms with Crippen molar-refractivity contribution in [2.75, 3.05) is 0 Å². The highest BCUT2D eigenvalue weighted by Crippen LogP contribution is 2.33. The summed E-state index contributed by atoms with van der Waals surface area (Å²) < 4.78 is -1.78. The minimum Gasteiger partial charge on any atom is -0.159 e. The SMILES string of the molecule is [O]OC(Cl)(Cl)c1ccccc1. The molecule has 1 aromatic rings. The summed E-state index contributed by atoms with van der Waals surface area (Å²) in [4.78, 5) is 3.60. The average Bonchev–Trinajstić information content (AvgIpc) is 2.06. The van der Waals surface area contributed by atoms with Crippen molar-refractivity contribution in [3.8, 4) is 0 Å². The summed E-state index contributed by atoms with van der Waals surface area (Å²) in [5, 5.41) is 9.99. The second-order valence-electron chi connectivity index (χ2n) is 1.97. The maximum atomic E-state index is 9.99. The van der Waals surface area contributed by atoms with Gasteiger partial charge in [-0.05, 0) is 5.26 Å². The first-order valence-electron chi connectivity index (χ1n) is 2.91. The van der Waals surface area contributed by atoms with Crippen molar-refractivity contribution >= 4 is 23.2 Å². The molecular weight excluding hydrogens is 187 g/mol. The molecule has 0 aliphatic carbocycles. The molecule has 1 aromatic carbocycles. The van der Waals surface area contributed by atoms with Gasteiger partial charge < -0.3 is 0 Å². The van der Waals surface area contributed by atoms with Crippen LogP contribution in [0.15, 0.2) is 30.3 Å². The second kappa shape index (κ2) is 3.41. The molecule has 11 heavy (non-hydrogen) atoms. The third-order valence-corrected chi connectivity index (χ3v) is 1.78. The van der Waals surface area contributed by atoms with E-state index in [-0.39, 0.29) is 0 Å². The number of rotatable bonds is 2. The minimum atomic E-state index is -1.78. The molecule has 0 aliphatic heterocycles. The van der Waals surface area contributed by atoms with Crippen molar-refractivity contribution < 1.29 is 10.1 Å². The van der Waals surface area contributed by atoms with E-state index in [1.54, 1.807) is 30.3 Å². The monoisotopic (exact) mass is 191 g/mol. The average molecular weight is 192 g/mol. The van der Waals surface area contributed by atoms with Gasteiger partial charge >= 0.3 is 0 Å². The van der Waals surface area contributed by atoms with Crippen molar-refractivity contribution in [2.24, 2.45) is 0 Å². The number of alkyl halides is 2. The molecule has 0 spiro atoms. The fraction of sp³-hybridized carbons (Fsp3) is 0.143. The molecule has 0 heterocycles. The summed E-state index contributed by atoms with van der Waals surface area (Å²) in [6, 6.07) is 8.44. The largest absolute Gasteiger partial charge is 0.279 e. The van der Waals surface area contributed by atoms with E-state index >= 15 is 0 Å². The standard InChI is InChI=1S/C7H5Cl2O2/c8-7(9,11-10)6-4-2-1-3-5-6/h1-5H. The predicted octanol–water partition coefficient (Wildman–Crippen LogP) is 2.64. The topological polar surface area (TPSA) is 29.1 Å². The van der Waals surface area contributed by atoms with Crippen LogP contribution in [0.5, 0.6) is 0 Å². The number of halogens is 2. The Balaban J connectivity index is 2.93. The molecular formula is C7H5Cl2O2. The van der Waals surface area contributed by atoms with Crippen LogP contribution in [-0.4, -0.2) is 0 Å². The molecule has 0 amide bonds. The van der Waals surface area contributed by atoms with Crippen molar-refractivity contribution in [2.45, 2.75) is 4.52 Å². The lowest BCUT2D eigenvalue weighted by atomic mass is 10.2. The summed E-state index contributed by atoms with van der Waals surface area (Å²) in [6.07, 6.45) is 0. The number of hydrogen-bond donors (Lipinski definition) is 0. The zero-order valence-electron chi connectivity index (χ0n) is 5.46. The lowest BCUT2D eigenvalue weighted by Gasteiger charge is -2.12. The Hall–Kier alpha value is -0.280. The zero-order chi connectivity index (χ0) is 8.32. The number of benzene rings is 1. The van der Waals surface area contributed by atoms with Crippen LogP contribution in [-0.2, 0) is 14.7 Å². The normalized spacial score (nSPS) is 11.5. The molecule has 0 saturated heterocycles. The van der Waals surface area contributed by atoms with E-state index in [1.807, 2.05) is 0 Å². The van der Waals surface area contributed by atoms with Crippen LogP contribution < -0.4 is 0 Å². The smallest absolute Gasteiger partial charge is 0.159 e. The van der Waals surface area contributed by atoms with Gasteiger partial charge in [0.25, 0.3) is 4.52 Å². The second-order valence-corrected chi connectivity index (χ2v) is 3.22. The first kappa shape index (κ1) is 8.81. The highest BCUT2D eigenvalue weighted by molar-refractivity contribution is 6.46.